The molecule has 2 rings (SSSR count). The minimum absolute atomic E-state index is 0.129. The highest BCUT2D eigenvalue weighted by atomic mass is 35.5. The van der Waals surface area contributed by atoms with Crippen LogP contribution in [0.3, 0.4) is 0 Å². The Balaban J connectivity index is 2.21. The Morgan fingerprint density at radius 3 is 2.45 bits per heavy atom. The SMILES string of the molecule is O=C(O)C[C@H](NC(=O)c1cccc(F)c1)c1ccc(Cl)cc1. The molecule has 0 aliphatic carbocycles. The van der Waals surface area contributed by atoms with Crippen molar-refractivity contribution in [2.24, 2.45) is 0 Å². The van der Waals surface area contributed by atoms with E-state index < -0.39 is 23.7 Å². The van der Waals surface area contributed by atoms with Crippen molar-refractivity contribution in [3.63, 3.8) is 0 Å². The van der Waals surface area contributed by atoms with Crippen molar-refractivity contribution in [1.29, 1.82) is 0 Å². The first-order chi connectivity index (χ1) is 10.5. The molecule has 6 heteroatoms. The fourth-order valence-electron chi connectivity index (χ4n) is 1.99. The Morgan fingerprint density at radius 1 is 1.18 bits per heavy atom. The number of benzene rings is 2. The van der Waals surface area contributed by atoms with Gasteiger partial charge in [0.15, 0.2) is 0 Å². The summed E-state index contributed by atoms with van der Waals surface area (Å²) >= 11 is 5.80. The highest BCUT2D eigenvalue weighted by Gasteiger charge is 2.19. The number of hydrogen-bond donors (Lipinski definition) is 2. The third-order valence-electron chi connectivity index (χ3n) is 3.04. The number of rotatable bonds is 5. The lowest BCUT2D eigenvalue weighted by Crippen LogP contribution is -2.30. The summed E-state index contributed by atoms with van der Waals surface area (Å²) in [6.45, 7) is 0. The number of nitrogens with one attached hydrogen (secondary N) is 1. The molecule has 0 saturated carbocycles. The number of carboxylic acid groups (broad SMARTS) is 1. The lowest BCUT2D eigenvalue weighted by atomic mass is 10.0. The molecule has 22 heavy (non-hydrogen) atoms. The highest BCUT2D eigenvalue weighted by Crippen LogP contribution is 2.20. The first-order valence-electron chi connectivity index (χ1n) is 6.49. The molecule has 114 valence electrons. The molecule has 0 unspecified atom stereocenters. The Morgan fingerprint density at radius 2 is 1.86 bits per heavy atom. The Hall–Kier alpha value is -2.40. The largest absolute Gasteiger partial charge is 0.481 e. The smallest absolute Gasteiger partial charge is 0.305 e. The second kappa shape index (κ2) is 7.04. The molecule has 0 radical (unpaired) electrons. The maximum Gasteiger partial charge on any atom is 0.305 e. The van der Waals surface area contributed by atoms with Crippen LogP contribution in [0.25, 0.3) is 0 Å². The average molecular weight is 322 g/mol. The number of halogens is 2. The van der Waals surface area contributed by atoms with Crippen LogP contribution >= 0.6 is 11.6 Å². The zero-order valence-electron chi connectivity index (χ0n) is 11.4. The number of hydrogen-bond acceptors (Lipinski definition) is 2. The molecule has 2 aromatic rings. The molecule has 1 atom stereocenters. The predicted octanol–water partition coefficient (Wildman–Crippen LogP) is 3.42. The van der Waals surface area contributed by atoms with Crippen LogP contribution < -0.4 is 5.32 Å². The number of carbonyl (C=O) groups excluding carboxylic acids is 1. The molecule has 2 N–H and O–H groups in total. The molecule has 0 saturated heterocycles. The molecule has 2 aromatic carbocycles. The summed E-state index contributed by atoms with van der Waals surface area (Å²) in [6.07, 6.45) is -0.289. The first-order valence-corrected chi connectivity index (χ1v) is 6.87. The van der Waals surface area contributed by atoms with Crippen LogP contribution in [-0.2, 0) is 4.79 Å². The van der Waals surface area contributed by atoms with Crippen molar-refractivity contribution in [2.45, 2.75) is 12.5 Å². The fraction of sp³-hybridized carbons (Fsp3) is 0.125. The molecular formula is C16H13ClFNO3. The van der Waals surface area contributed by atoms with Gasteiger partial charge in [-0.25, -0.2) is 4.39 Å². The molecule has 0 spiro atoms. The number of carboxylic acids is 1. The number of amides is 1. The van der Waals surface area contributed by atoms with E-state index in [-0.39, 0.29) is 12.0 Å². The Bertz CT molecular complexity index is 688. The summed E-state index contributed by atoms with van der Waals surface area (Å²) < 4.78 is 13.2. The van der Waals surface area contributed by atoms with E-state index in [1.165, 1.54) is 18.2 Å². The lowest BCUT2D eigenvalue weighted by Gasteiger charge is -2.17. The molecule has 1 amide bonds. The van der Waals surface area contributed by atoms with Gasteiger partial charge in [0.25, 0.3) is 5.91 Å². The first kappa shape index (κ1) is 16.0. The van der Waals surface area contributed by atoms with Gasteiger partial charge in [-0.1, -0.05) is 29.8 Å². The van der Waals surface area contributed by atoms with Crippen LogP contribution in [0.4, 0.5) is 4.39 Å². The number of carbonyl (C=O) groups is 2. The van der Waals surface area contributed by atoms with E-state index in [0.29, 0.717) is 10.6 Å². The third kappa shape index (κ3) is 4.30. The molecule has 0 heterocycles. The average Bonchev–Trinajstić information content (AvgIpc) is 2.47. The summed E-state index contributed by atoms with van der Waals surface area (Å²) in [6, 6.07) is 11.0. The van der Waals surface area contributed by atoms with Crippen LogP contribution in [0.15, 0.2) is 48.5 Å². The molecule has 0 aliphatic rings. The van der Waals surface area contributed by atoms with Gasteiger partial charge in [-0.3, -0.25) is 9.59 Å². The normalized spacial score (nSPS) is 11.7. The standard InChI is InChI=1S/C16H13ClFNO3/c17-12-6-4-10(5-7-12)14(9-15(20)21)19-16(22)11-2-1-3-13(18)8-11/h1-8,14H,9H2,(H,19,22)(H,20,21)/t14-/m0/s1. The van der Waals surface area contributed by atoms with E-state index >= 15 is 0 Å². The van der Waals surface area contributed by atoms with Gasteiger partial charge < -0.3 is 10.4 Å². The molecule has 0 bridgehead atoms. The quantitative estimate of drug-likeness (QED) is 0.886. The molecule has 4 nitrogen and oxygen atoms in total. The van der Waals surface area contributed by atoms with Gasteiger partial charge in [-0.2, -0.15) is 0 Å². The van der Waals surface area contributed by atoms with Crippen LogP contribution in [0.1, 0.15) is 28.4 Å². The maximum absolute atomic E-state index is 13.2. The topological polar surface area (TPSA) is 66.4 Å². The summed E-state index contributed by atoms with van der Waals surface area (Å²) in [5.41, 5.74) is 0.737. The molecule has 0 aromatic heterocycles. The van der Waals surface area contributed by atoms with Crippen LogP contribution in [0.2, 0.25) is 5.02 Å². The second-order valence-electron chi connectivity index (χ2n) is 4.69. The summed E-state index contributed by atoms with van der Waals surface area (Å²) in [5.74, 6) is -2.13. The van der Waals surface area contributed by atoms with E-state index in [1.807, 2.05) is 0 Å². The van der Waals surface area contributed by atoms with Gasteiger partial charge in [-0.15, -0.1) is 0 Å². The zero-order valence-corrected chi connectivity index (χ0v) is 12.2. The summed E-state index contributed by atoms with van der Waals surface area (Å²) in [5, 5.41) is 12.1. The Kier molecular flexibility index (Phi) is 5.12. The van der Waals surface area contributed by atoms with Crippen molar-refractivity contribution in [1.82, 2.24) is 5.32 Å². The van der Waals surface area contributed by atoms with Gasteiger partial charge in [0, 0.05) is 10.6 Å². The van der Waals surface area contributed by atoms with Crippen molar-refractivity contribution in [2.75, 3.05) is 0 Å². The minimum Gasteiger partial charge on any atom is -0.481 e. The number of aliphatic carboxylic acids is 1. The third-order valence-corrected chi connectivity index (χ3v) is 3.30. The fourth-order valence-corrected chi connectivity index (χ4v) is 2.12. The van der Waals surface area contributed by atoms with E-state index in [4.69, 9.17) is 16.7 Å². The van der Waals surface area contributed by atoms with Gasteiger partial charge in [0.1, 0.15) is 5.82 Å². The molecular weight excluding hydrogens is 309 g/mol. The lowest BCUT2D eigenvalue weighted by molar-refractivity contribution is -0.137. The van der Waals surface area contributed by atoms with Gasteiger partial charge in [0.2, 0.25) is 0 Å². The van der Waals surface area contributed by atoms with Gasteiger partial charge >= 0.3 is 5.97 Å². The van der Waals surface area contributed by atoms with E-state index in [9.17, 15) is 14.0 Å². The van der Waals surface area contributed by atoms with Crippen LogP contribution in [0, 0.1) is 5.82 Å². The van der Waals surface area contributed by atoms with Crippen molar-refractivity contribution < 1.29 is 19.1 Å². The minimum atomic E-state index is -1.06. The monoisotopic (exact) mass is 321 g/mol. The van der Waals surface area contributed by atoms with Crippen molar-refractivity contribution in [3.8, 4) is 0 Å². The van der Waals surface area contributed by atoms with E-state index in [1.54, 1.807) is 24.3 Å². The maximum atomic E-state index is 13.2. The summed E-state index contributed by atoms with van der Waals surface area (Å²) in [7, 11) is 0. The van der Waals surface area contributed by atoms with E-state index in [2.05, 4.69) is 5.32 Å². The zero-order chi connectivity index (χ0) is 16.1. The Labute approximate surface area is 131 Å². The van der Waals surface area contributed by atoms with Crippen molar-refractivity contribution >= 4 is 23.5 Å². The van der Waals surface area contributed by atoms with E-state index in [0.717, 1.165) is 6.07 Å². The van der Waals surface area contributed by atoms with Gasteiger partial charge in [-0.05, 0) is 35.9 Å². The van der Waals surface area contributed by atoms with Gasteiger partial charge in [0.05, 0.1) is 12.5 Å². The van der Waals surface area contributed by atoms with Crippen molar-refractivity contribution in [3.05, 3.63) is 70.5 Å². The highest BCUT2D eigenvalue weighted by molar-refractivity contribution is 6.30. The molecule has 0 fully saturated rings. The summed E-state index contributed by atoms with van der Waals surface area (Å²) in [4.78, 5) is 23.1. The second-order valence-corrected chi connectivity index (χ2v) is 5.12. The van der Waals surface area contributed by atoms with Crippen LogP contribution in [-0.4, -0.2) is 17.0 Å². The van der Waals surface area contributed by atoms with Crippen LogP contribution in [0.5, 0.6) is 0 Å². The molecule has 0 aliphatic heterocycles. The predicted molar refractivity (Wildman–Crippen MR) is 80.3 cm³/mol.